The third-order valence-corrected chi connectivity index (χ3v) is 4.17. The second kappa shape index (κ2) is 5.50. The van der Waals surface area contributed by atoms with E-state index in [0.29, 0.717) is 0 Å². The van der Waals surface area contributed by atoms with Crippen molar-refractivity contribution in [1.29, 1.82) is 0 Å². The smallest absolute Gasteiger partial charge is 0.367 e. The van der Waals surface area contributed by atoms with E-state index in [0.717, 1.165) is 12.1 Å². The van der Waals surface area contributed by atoms with Crippen LogP contribution in [0.15, 0.2) is 23.0 Å². The van der Waals surface area contributed by atoms with Gasteiger partial charge in [-0.05, 0) is 18.9 Å². The number of anilines is 1. The largest absolute Gasteiger partial charge is 0.391 e. The van der Waals surface area contributed by atoms with Crippen molar-refractivity contribution in [3.8, 4) is 0 Å². The first kappa shape index (κ1) is 15.8. The van der Waals surface area contributed by atoms with Crippen LogP contribution in [0.1, 0.15) is 12.8 Å². The maximum atomic E-state index is 14.6. The Morgan fingerprint density at radius 1 is 1.13 bits per heavy atom. The summed E-state index contributed by atoms with van der Waals surface area (Å²) in [5.74, 6) is -3.22. The van der Waals surface area contributed by atoms with Crippen molar-refractivity contribution >= 4 is 16.6 Å². The molecule has 8 heteroatoms. The summed E-state index contributed by atoms with van der Waals surface area (Å²) in [5, 5.41) is 0.0268. The monoisotopic (exact) mass is 332 g/mol. The fraction of sp³-hybridized carbons (Fsp3) is 0.400. The molecule has 23 heavy (non-hydrogen) atoms. The Morgan fingerprint density at radius 2 is 1.78 bits per heavy atom. The number of aromatic amines is 1. The van der Waals surface area contributed by atoms with Crippen molar-refractivity contribution in [2.75, 3.05) is 18.0 Å². The highest BCUT2D eigenvalue weighted by Gasteiger charge is 2.41. The molecule has 0 atom stereocenters. The van der Waals surface area contributed by atoms with Gasteiger partial charge in [-0.2, -0.15) is 13.2 Å². The number of benzene rings is 1. The van der Waals surface area contributed by atoms with Crippen molar-refractivity contribution in [3.05, 3.63) is 40.2 Å². The predicted molar refractivity (Wildman–Crippen MR) is 75.5 cm³/mol. The third-order valence-electron chi connectivity index (χ3n) is 4.17. The Hall–Kier alpha value is -2.12. The van der Waals surface area contributed by atoms with Gasteiger partial charge in [-0.3, -0.25) is 4.79 Å². The van der Waals surface area contributed by atoms with Crippen molar-refractivity contribution in [2.24, 2.45) is 5.92 Å². The van der Waals surface area contributed by atoms with Crippen LogP contribution in [-0.2, 0) is 0 Å². The van der Waals surface area contributed by atoms with Crippen LogP contribution in [0.25, 0.3) is 10.9 Å². The van der Waals surface area contributed by atoms with Gasteiger partial charge in [0.05, 0.1) is 11.4 Å². The van der Waals surface area contributed by atoms with Gasteiger partial charge in [0.2, 0.25) is 5.56 Å². The van der Waals surface area contributed by atoms with Crippen LogP contribution in [-0.4, -0.2) is 24.2 Å². The van der Waals surface area contributed by atoms with Crippen LogP contribution >= 0.6 is 0 Å². The van der Waals surface area contributed by atoms with Gasteiger partial charge in [0.1, 0.15) is 5.69 Å². The van der Waals surface area contributed by atoms with E-state index >= 15 is 0 Å². The second-order valence-electron chi connectivity index (χ2n) is 5.61. The molecule has 0 aliphatic carbocycles. The van der Waals surface area contributed by atoms with Gasteiger partial charge in [-0.25, -0.2) is 8.78 Å². The maximum absolute atomic E-state index is 14.6. The molecule has 2 aromatic rings. The number of halogens is 5. The lowest BCUT2D eigenvalue weighted by atomic mass is 9.95. The van der Waals surface area contributed by atoms with E-state index in [1.807, 2.05) is 0 Å². The molecule has 0 unspecified atom stereocenters. The van der Waals surface area contributed by atoms with E-state index < -0.39 is 29.3 Å². The Labute approximate surface area is 127 Å². The van der Waals surface area contributed by atoms with E-state index in [2.05, 4.69) is 4.98 Å². The molecular formula is C15H13F5N2O. The summed E-state index contributed by atoms with van der Waals surface area (Å²) in [7, 11) is 0. The van der Waals surface area contributed by atoms with Crippen molar-refractivity contribution in [1.82, 2.24) is 4.98 Å². The zero-order valence-electron chi connectivity index (χ0n) is 11.9. The first-order valence-electron chi connectivity index (χ1n) is 7.10. The Balaban J connectivity index is 1.95. The predicted octanol–water partition coefficient (Wildman–Crippen LogP) is 3.59. The molecule has 0 radical (unpaired) electrons. The number of aromatic nitrogens is 1. The number of alkyl halides is 3. The molecule has 1 N–H and O–H groups in total. The number of nitrogens with zero attached hydrogens (tertiary/aromatic N) is 1. The molecule has 1 fully saturated rings. The molecule has 3 rings (SSSR count). The summed E-state index contributed by atoms with van der Waals surface area (Å²) in [6, 6.07) is 3.34. The molecule has 0 amide bonds. The van der Waals surface area contributed by atoms with Crippen molar-refractivity contribution < 1.29 is 22.0 Å². The summed E-state index contributed by atoms with van der Waals surface area (Å²) < 4.78 is 66.8. The van der Waals surface area contributed by atoms with E-state index in [1.54, 1.807) is 0 Å². The number of hydrogen-bond donors (Lipinski definition) is 1. The minimum atomic E-state index is -4.29. The summed E-state index contributed by atoms with van der Waals surface area (Å²) in [6.45, 7) is -0.153. The van der Waals surface area contributed by atoms with Crippen LogP contribution in [0.2, 0.25) is 0 Å². The van der Waals surface area contributed by atoms with Crippen LogP contribution < -0.4 is 10.5 Å². The van der Waals surface area contributed by atoms with E-state index in [-0.39, 0.29) is 42.5 Å². The number of piperidine rings is 1. The number of hydrogen-bond acceptors (Lipinski definition) is 2. The molecule has 1 aliphatic heterocycles. The molecule has 0 spiro atoms. The van der Waals surface area contributed by atoms with Gasteiger partial charge >= 0.3 is 6.18 Å². The highest BCUT2D eigenvalue weighted by atomic mass is 19.4. The molecule has 0 saturated carbocycles. The lowest BCUT2D eigenvalue weighted by Gasteiger charge is -2.34. The van der Waals surface area contributed by atoms with Crippen LogP contribution in [0.4, 0.5) is 27.6 Å². The topological polar surface area (TPSA) is 36.1 Å². The lowest BCUT2D eigenvalue weighted by Crippen LogP contribution is -2.39. The number of pyridine rings is 1. The van der Waals surface area contributed by atoms with E-state index in [4.69, 9.17) is 0 Å². The van der Waals surface area contributed by atoms with Crippen LogP contribution in [0.3, 0.4) is 0 Å². The number of nitrogens with one attached hydrogen (secondary N) is 1. The first-order valence-corrected chi connectivity index (χ1v) is 7.10. The number of fused-ring (bicyclic) bond motifs is 1. The first-order chi connectivity index (χ1) is 10.8. The fourth-order valence-corrected chi connectivity index (χ4v) is 2.94. The standard InChI is InChI=1S/C15H13F5N2O/c16-10-7-11-9(1-2-12(23)21-11)13(17)14(10)22-5-3-8(4-6-22)15(18,19)20/h1-2,7-8H,3-6H2,(H,21,23). The molecule has 1 aliphatic rings. The quantitative estimate of drug-likeness (QED) is 0.810. The van der Waals surface area contributed by atoms with Gasteiger partial charge in [0.25, 0.3) is 0 Å². The summed E-state index contributed by atoms with van der Waals surface area (Å²) in [4.78, 5) is 14.8. The zero-order valence-corrected chi connectivity index (χ0v) is 11.9. The van der Waals surface area contributed by atoms with Gasteiger partial charge in [-0.1, -0.05) is 0 Å². The molecular weight excluding hydrogens is 319 g/mol. The van der Waals surface area contributed by atoms with Crippen molar-refractivity contribution in [2.45, 2.75) is 19.0 Å². The SMILES string of the molecule is O=c1ccc2c(F)c(N3CCC(C(F)(F)F)CC3)c(F)cc2[nH]1. The molecule has 0 bridgehead atoms. The van der Waals surface area contributed by atoms with Gasteiger partial charge < -0.3 is 9.88 Å². The highest BCUT2D eigenvalue weighted by molar-refractivity contribution is 5.83. The third kappa shape index (κ3) is 2.89. The molecule has 1 saturated heterocycles. The minimum Gasteiger partial charge on any atom is -0.367 e. The lowest BCUT2D eigenvalue weighted by molar-refractivity contribution is -0.179. The van der Waals surface area contributed by atoms with E-state index in [9.17, 15) is 26.7 Å². The summed E-state index contributed by atoms with van der Waals surface area (Å²) in [5.41, 5.74) is -0.818. The minimum absolute atomic E-state index is 0.0152. The van der Waals surface area contributed by atoms with Gasteiger partial charge in [-0.15, -0.1) is 0 Å². The molecule has 3 nitrogen and oxygen atoms in total. The Morgan fingerprint density at radius 3 is 2.39 bits per heavy atom. The summed E-state index contributed by atoms with van der Waals surface area (Å²) >= 11 is 0. The maximum Gasteiger partial charge on any atom is 0.391 e. The Bertz CT molecular complexity index is 791. The van der Waals surface area contributed by atoms with Gasteiger partial charge in [0.15, 0.2) is 11.6 Å². The molecule has 1 aromatic heterocycles. The Kier molecular flexibility index (Phi) is 3.77. The normalized spacial score (nSPS) is 17.0. The van der Waals surface area contributed by atoms with Crippen LogP contribution in [0.5, 0.6) is 0 Å². The zero-order chi connectivity index (χ0) is 16.8. The average Bonchev–Trinajstić information content (AvgIpc) is 2.46. The number of rotatable bonds is 1. The highest BCUT2D eigenvalue weighted by Crippen LogP contribution is 2.37. The molecule has 1 aromatic carbocycles. The summed E-state index contributed by atoms with van der Waals surface area (Å²) in [6.07, 6.45) is -4.69. The average molecular weight is 332 g/mol. The van der Waals surface area contributed by atoms with E-state index in [1.165, 1.54) is 11.0 Å². The van der Waals surface area contributed by atoms with Crippen LogP contribution in [0, 0.1) is 17.6 Å². The molecule has 2 heterocycles. The van der Waals surface area contributed by atoms with Crippen molar-refractivity contribution in [3.63, 3.8) is 0 Å². The fourth-order valence-electron chi connectivity index (χ4n) is 2.94. The number of H-pyrrole nitrogens is 1. The molecule has 124 valence electrons. The second-order valence-corrected chi connectivity index (χ2v) is 5.61. The van der Waals surface area contributed by atoms with Gasteiger partial charge in [0, 0.05) is 30.6 Å².